The monoisotopic (exact) mass is 448 g/mol. The first-order chi connectivity index (χ1) is 13.5. The van der Waals surface area contributed by atoms with Gasteiger partial charge in [-0.25, -0.2) is 9.59 Å². The Bertz CT molecular complexity index is 796. The highest BCUT2D eigenvalue weighted by molar-refractivity contribution is 9.10. The van der Waals surface area contributed by atoms with Crippen LogP contribution in [0, 0.1) is 0 Å². The second kappa shape index (κ2) is 11.1. The summed E-state index contributed by atoms with van der Waals surface area (Å²) in [7, 11) is 1.25. The summed E-state index contributed by atoms with van der Waals surface area (Å²) in [4.78, 5) is 35.8. The molecule has 2 aromatic carbocycles. The van der Waals surface area contributed by atoms with Gasteiger partial charge in [0.1, 0.15) is 19.2 Å². The third kappa shape index (κ3) is 7.40. The van der Waals surface area contributed by atoms with Gasteiger partial charge in [0, 0.05) is 10.9 Å². The molecule has 0 aliphatic carbocycles. The van der Waals surface area contributed by atoms with E-state index in [1.54, 1.807) is 0 Å². The topological polar surface area (TPSA) is 93.7 Å². The maximum absolute atomic E-state index is 12.1. The van der Waals surface area contributed by atoms with Gasteiger partial charge in [0.2, 0.25) is 5.91 Å². The number of nitrogens with one attached hydrogen (secondary N) is 2. The standard InChI is InChI=1S/C20H21BrN2O5/c1-27-19(25)17(11-14-7-9-16(21)10-8-14)23-18(24)12-22-20(26)28-13-15-5-3-2-4-6-15/h2-10,17H,11-13H2,1H3,(H,22,26)(H,23,24)/t17-/m1/s1. The van der Waals surface area contributed by atoms with Crippen molar-refractivity contribution in [3.63, 3.8) is 0 Å². The van der Waals surface area contributed by atoms with Crippen LogP contribution in [0.4, 0.5) is 4.79 Å². The van der Waals surface area contributed by atoms with Crippen LogP contribution < -0.4 is 10.6 Å². The van der Waals surface area contributed by atoms with Gasteiger partial charge in [-0.3, -0.25) is 4.79 Å². The lowest BCUT2D eigenvalue weighted by molar-refractivity contribution is -0.144. The van der Waals surface area contributed by atoms with Crippen molar-refractivity contribution in [3.05, 3.63) is 70.2 Å². The first-order valence-electron chi connectivity index (χ1n) is 8.54. The third-order valence-corrected chi connectivity index (χ3v) is 4.31. The Morgan fingerprint density at radius 1 is 1.00 bits per heavy atom. The molecule has 0 radical (unpaired) electrons. The fraction of sp³-hybridized carbons (Fsp3) is 0.250. The van der Waals surface area contributed by atoms with Crippen LogP contribution in [-0.4, -0.2) is 37.7 Å². The molecule has 2 amide bonds. The number of carbonyl (C=O) groups is 3. The fourth-order valence-electron chi connectivity index (χ4n) is 2.36. The zero-order valence-corrected chi connectivity index (χ0v) is 16.9. The molecule has 7 nitrogen and oxygen atoms in total. The number of alkyl carbamates (subject to hydrolysis) is 1. The van der Waals surface area contributed by atoms with Gasteiger partial charge in [0.25, 0.3) is 0 Å². The van der Waals surface area contributed by atoms with Crippen molar-refractivity contribution in [3.8, 4) is 0 Å². The maximum atomic E-state index is 12.1. The van der Waals surface area contributed by atoms with E-state index in [1.807, 2.05) is 54.6 Å². The van der Waals surface area contributed by atoms with Gasteiger partial charge in [-0.05, 0) is 23.3 Å². The first-order valence-corrected chi connectivity index (χ1v) is 9.33. The molecule has 2 N–H and O–H groups in total. The second-order valence-electron chi connectivity index (χ2n) is 5.89. The number of benzene rings is 2. The zero-order valence-electron chi connectivity index (χ0n) is 15.3. The highest BCUT2D eigenvalue weighted by Gasteiger charge is 2.22. The Morgan fingerprint density at radius 2 is 1.68 bits per heavy atom. The molecule has 2 aromatic rings. The Morgan fingerprint density at radius 3 is 2.32 bits per heavy atom. The van der Waals surface area contributed by atoms with E-state index in [1.165, 1.54) is 7.11 Å². The Balaban J connectivity index is 1.81. The number of rotatable bonds is 8. The predicted octanol–water partition coefficient (Wildman–Crippen LogP) is 2.58. The Labute approximate surface area is 171 Å². The number of methoxy groups -OCH3 is 1. The van der Waals surface area contributed by atoms with Crippen LogP contribution in [0.15, 0.2) is 59.1 Å². The molecule has 8 heteroatoms. The largest absolute Gasteiger partial charge is 0.467 e. The van der Waals surface area contributed by atoms with Crippen LogP contribution in [0.2, 0.25) is 0 Å². The van der Waals surface area contributed by atoms with E-state index < -0.39 is 24.0 Å². The van der Waals surface area contributed by atoms with Crippen molar-refractivity contribution >= 4 is 33.9 Å². The number of hydrogen-bond acceptors (Lipinski definition) is 5. The summed E-state index contributed by atoms with van der Waals surface area (Å²) in [5, 5.41) is 4.92. The molecule has 0 heterocycles. The van der Waals surface area contributed by atoms with E-state index in [2.05, 4.69) is 26.6 Å². The Hall–Kier alpha value is -2.87. The molecule has 0 aliphatic heterocycles. The van der Waals surface area contributed by atoms with Crippen LogP contribution in [-0.2, 0) is 32.1 Å². The molecule has 1 atom stereocenters. The lowest BCUT2D eigenvalue weighted by atomic mass is 10.1. The molecule has 0 spiro atoms. The van der Waals surface area contributed by atoms with Crippen molar-refractivity contribution in [2.75, 3.05) is 13.7 Å². The summed E-state index contributed by atoms with van der Waals surface area (Å²) < 4.78 is 10.7. The SMILES string of the molecule is COC(=O)[C@@H](Cc1ccc(Br)cc1)NC(=O)CNC(=O)OCc1ccccc1. The molecule has 0 aromatic heterocycles. The van der Waals surface area contributed by atoms with Crippen LogP contribution in [0.25, 0.3) is 0 Å². The maximum Gasteiger partial charge on any atom is 0.407 e. The van der Waals surface area contributed by atoms with E-state index in [0.29, 0.717) is 0 Å². The average Bonchev–Trinajstić information content (AvgIpc) is 2.72. The number of halogens is 1. The fourth-order valence-corrected chi connectivity index (χ4v) is 2.63. The van der Waals surface area contributed by atoms with Gasteiger partial charge in [-0.15, -0.1) is 0 Å². The molecule has 0 fully saturated rings. The number of hydrogen-bond donors (Lipinski definition) is 2. The van der Waals surface area contributed by atoms with Gasteiger partial charge in [0.15, 0.2) is 0 Å². The lowest BCUT2D eigenvalue weighted by Gasteiger charge is -2.17. The molecule has 0 bridgehead atoms. The molecule has 0 unspecified atom stereocenters. The molecule has 0 saturated heterocycles. The predicted molar refractivity (Wildman–Crippen MR) is 106 cm³/mol. The minimum Gasteiger partial charge on any atom is -0.467 e. The van der Waals surface area contributed by atoms with Crippen molar-refractivity contribution in [1.29, 1.82) is 0 Å². The molecule has 0 saturated carbocycles. The summed E-state index contributed by atoms with van der Waals surface area (Å²) in [5.74, 6) is -1.09. The van der Waals surface area contributed by atoms with Crippen molar-refractivity contribution in [2.45, 2.75) is 19.1 Å². The van der Waals surface area contributed by atoms with Crippen LogP contribution in [0.1, 0.15) is 11.1 Å². The van der Waals surface area contributed by atoms with Crippen LogP contribution >= 0.6 is 15.9 Å². The summed E-state index contributed by atoms with van der Waals surface area (Å²) >= 11 is 3.34. The zero-order chi connectivity index (χ0) is 20.4. The van der Waals surface area contributed by atoms with Gasteiger partial charge < -0.3 is 20.1 Å². The minimum absolute atomic E-state index is 0.0998. The summed E-state index contributed by atoms with van der Waals surface area (Å²) in [6.07, 6.45) is -0.453. The first kappa shape index (κ1) is 21.4. The normalized spacial score (nSPS) is 11.2. The summed E-state index contributed by atoms with van der Waals surface area (Å²) in [6, 6.07) is 15.7. The number of amides is 2. The lowest BCUT2D eigenvalue weighted by Crippen LogP contribution is -2.47. The van der Waals surface area contributed by atoms with Crippen LogP contribution in [0.3, 0.4) is 0 Å². The molecular weight excluding hydrogens is 428 g/mol. The molecule has 0 aliphatic rings. The third-order valence-electron chi connectivity index (χ3n) is 3.78. The number of ether oxygens (including phenoxy) is 2. The Kier molecular flexibility index (Phi) is 8.48. The highest BCUT2D eigenvalue weighted by atomic mass is 79.9. The van der Waals surface area contributed by atoms with Gasteiger partial charge in [-0.1, -0.05) is 58.4 Å². The summed E-state index contributed by atoms with van der Waals surface area (Å²) in [6.45, 7) is -0.218. The van der Waals surface area contributed by atoms with Crippen molar-refractivity contribution in [1.82, 2.24) is 10.6 Å². The number of carbonyl (C=O) groups excluding carboxylic acids is 3. The van der Waals surface area contributed by atoms with Crippen molar-refractivity contribution < 1.29 is 23.9 Å². The smallest absolute Gasteiger partial charge is 0.407 e. The average molecular weight is 449 g/mol. The highest BCUT2D eigenvalue weighted by Crippen LogP contribution is 2.12. The van der Waals surface area contributed by atoms with E-state index in [9.17, 15) is 14.4 Å². The minimum atomic E-state index is -0.860. The van der Waals surface area contributed by atoms with Gasteiger partial charge in [0.05, 0.1) is 7.11 Å². The van der Waals surface area contributed by atoms with Gasteiger partial charge in [-0.2, -0.15) is 0 Å². The van der Waals surface area contributed by atoms with E-state index in [0.717, 1.165) is 15.6 Å². The molecule has 28 heavy (non-hydrogen) atoms. The summed E-state index contributed by atoms with van der Waals surface area (Å²) in [5.41, 5.74) is 1.69. The van der Waals surface area contributed by atoms with E-state index >= 15 is 0 Å². The van der Waals surface area contributed by atoms with E-state index in [4.69, 9.17) is 9.47 Å². The molecular formula is C20H21BrN2O5. The van der Waals surface area contributed by atoms with Crippen LogP contribution in [0.5, 0.6) is 0 Å². The van der Waals surface area contributed by atoms with Crippen molar-refractivity contribution in [2.24, 2.45) is 0 Å². The van der Waals surface area contributed by atoms with Gasteiger partial charge >= 0.3 is 12.1 Å². The molecule has 148 valence electrons. The van der Waals surface area contributed by atoms with E-state index in [-0.39, 0.29) is 19.6 Å². The molecule has 2 rings (SSSR count). The number of esters is 1. The quantitative estimate of drug-likeness (QED) is 0.605. The second-order valence-corrected chi connectivity index (χ2v) is 6.80.